The Bertz CT molecular complexity index is 252. The van der Waals surface area contributed by atoms with E-state index in [0.29, 0.717) is 13.0 Å². The van der Waals surface area contributed by atoms with Gasteiger partial charge in [-0.2, -0.15) is 0 Å². The quantitative estimate of drug-likeness (QED) is 0.618. The summed E-state index contributed by atoms with van der Waals surface area (Å²) in [7, 11) is 0. The number of aliphatic hydroxyl groups excluding tert-OH is 1. The summed E-state index contributed by atoms with van der Waals surface area (Å²) in [5.74, 6) is -0.924. The monoisotopic (exact) mass is 200 g/mol. The van der Waals surface area contributed by atoms with Gasteiger partial charge in [0.25, 0.3) is 5.91 Å². The molecule has 2 unspecified atom stereocenters. The number of likely N-dealkylation sites (tertiary alicyclic amines) is 1. The van der Waals surface area contributed by atoms with Gasteiger partial charge in [-0.05, 0) is 12.3 Å². The van der Waals surface area contributed by atoms with E-state index in [1.54, 1.807) is 0 Å². The first-order valence-electron chi connectivity index (χ1n) is 4.73. The Labute approximate surface area is 82.9 Å². The van der Waals surface area contributed by atoms with E-state index < -0.39 is 18.1 Å². The van der Waals surface area contributed by atoms with Crippen LogP contribution in [0.3, 0.4) is 0 Å². The van der Waals surface area contributed by atoms with Gasteiger partial charge >= 0.3 is 0 Å². The van der Waals surface area contributed by atoms with E-state index in [2.05, 4.69) is 0 Å². The van der Waals surface area contributed by atoms with E-state index in [-0.39, 0.29) is 11.8 Å². The van der Waals surface area contributed by atoms with Gasteiger partial charge in [0, 0.05) is 6.54 Å². The van der Waals surface area contributed by atoms with Crippen molar-refractivity contribution in [2.75, 3.05) is 6.54 Å². The molecule has 0 bridgehead atoms. The zero-order valence-electron chi connectivity index (χ0n) is 8.43. The molecular formula is C9H16N2O3. The largest absolute Gasteiger partial charge is 0.383 e. The number of nitrogens with two attached hydrogens (primary N) is 1. The van der Waals surface area contributed by atoms with Gasteiger partial charge in [-0.25, -0.2) is 0 Å². The minimum atomic E-state index is -0.962. The van der Waals surface area contributed by atoms with Crippen molar-refractivity contribution in [3.63, 3.8) is 0 Å². The van der Waals surface area contributed by atoms with Crippen molar-refractivity contribution in [2.24, 2.45) is 11.7 Å². The topological polar surface area (TPSA) is 83.6 Å². The summed E-state index contributed by atoms with van der Waals surface area (Å²) in [4.78, 5) is 23.9. The average Bonchev–Trinajstić information content (AvgIpc) is 2.35. The summed E-state index contributed by atoms with van der Waals surface area (Å²) in [5.41, 5.74) is 5.21. The molecule has 2 atom stereocenters. The molecule has 1 aliphatic rings. The fraction of sp³-hybridized carbons (Fsp3) is 0.778. The normalized spacial score (nSPS) is 24.4. The van der Waals surface area contributed by atoms with Gasteiger partial charge in [0.05, 0.1) is 0 Å². The Morgan fingerprint density at radius 1 is 1.64 bits per heavy atom. The van der Waals surface area contributed by atoms with Crippen molar-refractivity contribution in [1.29, 1.82) is 0 Å². The van der Waals surface area contributed by atoms with Gasteiger partial charge in [-0.3, -0.25) is 9.59 Å². The molecule has 1 saturated heterocycles. The van der Waals surface area contributed by atoms with Crippen LogP contribution >= 0.6 is 0 Å². The van der Waals surface area contributed by atoms with Crippen LogP contribution in [0, 0.1) is 5.92 Å². The van der Waals surface area contributed by atoms with Crippen LogP contribution < -0.4 is 5.73 Å². The summed E-state index contributed by atoms with van der Waals surface area (Å²) < 4.78 is 0. The molecule has 14 heavy (non-hydrogen) atoms. The van der Waals surface area contributed by atoms with E-state index in [0.717, 1.165) is 0 Å². The van der Waals surface area contributed by atoms with Crippen molar-refractivity contribution in [3.8, 4) is 0 Å². The first-order valence-corrected chi connectivity index (χ1v) is 4.73. The van der Waals surface area contributed by atoms with Crippen LogP contribution in [0.25, 0.3) is 0 Å². The molecule has 1 aliphatic heterocycles. The van der Waals surface area contributed by atoms with E-state index in [9.17, 15) is 14.7 Å². The van der Waals surface area contributed by atoms with Crippen LogP contribution in [0.15, 0.2) is 0 Å². The van der Waals surface area contributed by atoms with Gasteiger partial charge in [-0.1, -0.05) is 13.8 Å². The Hall–Kier alpha value is -1.10. The number of carbonyl (C=O) groups is 2. The van der Waals surface area contributed by atoms with Crippen molar-refractivity contribution >= 4 is 11.8 Å². The lowest BCUT2D eigenvalue weighted by Gasteiger charge is -2.28. The number of hydrogen-bond donors (Lipinski definition) is 2. The van der Waals surface area contributed by atoms with E-state index in [1.807, 2.05) is 13.8 Å². The number of primary amides is 1. The number of carbonyl (C=O) groups excluding carboxylic acids is 2. The summed E-state index contributed by atoms with van der Waals surface area (Å²) >= 11 is 0. The molecule has 1 rings (SSSR count). The molecular weight excluding hydrogens is 184 g/mol. The predicted octanol–water partition coefficient (Wildman–Crippen LogP) is -0.910. The maximum Gasteiger partial charge on any atom is 0.252 e. The number of hydrogen-bond acceptors (Lipinski definition) is 3. The van der Waals surface area contributed by atoms with E-state index in [1.165, 1.54) is 4.90 Å². The highest BCUT2D eigenvalue weighted by atomic mass is 16.3. The highest BCUT2D eigenvalue weighted by Gasteiger charge is 2.38. The number of nitrogens with zero attached hydrogens (tertiary/aromatic N) is 1. The standard InChI is InChI=1S/C9H16N2O3/c1-5(2)7(8(10)13)11-4-3-6(12)9(11)14/h5-7,12H,3-4H2,1-2H3,(H2,10,13). The van der Waals surface area contributed by atoms with Crippen LogP contribution in [0.1, 0.15) is 20.3 Å². The zero-order chi connectivity index (χ0) is 10.9. The van der Waals surface area contributed by atoms with Crippen molar-refractivity contribution in [3.05, 3.63) is 0 Å². The van der Waals surface area contributed by atoms with Gasteiger partial charge in [0.1, 0.15) is 12.1 Å². The molecule has 0 spiro atoms. The fourth-order valence-corrected chi connectivity index (χ4v) is 1.80. The Morgan fingerprint density at radius 3 is 2.50 bits per heavy atom. The lowest BCUT2D eigenvalue weighted by molar-refractivity contribution is -0.142. The summed E-state index contributed by atoms with van der Waals surface area (Å²) in [5, 5.41) is 9.24. The molecule has 0 aromatic heterocycles. The summed E-state index contributed by atoms with van der Waals surface area (Å²) in [6.45, 7) is 4.06. The summed E-state index contributed by atoms with van der Waals surface area (Å²) in [6, 6.07) is -0.598. The molecule has 0 aromatic rings. The lowest BCUT2D eigenvalue weighted by Crippen LogP contribution is -2.49. The number of rotatable bonds is 3. The Kier molecular flexibility index (Phi) is 3.10. The van der Waals surface area contributed by atoms with Gasteiger partial charge in [0.2, 0.25) is 5.91 Å². The Morgan fingerprint density at radius 2 is 2.21 bits per heavy atom. The predicted molar refractivity (Wildman–Crippen MR) is 50.2 cm³/mol. The van der Waals surface area contributed by atoms with Crippen molar-refractivity contribution < 1.29 is 14.7 Å². The van der Waals surface area contributed by atoms with Crippen molar-refractivity contribution in [1.82, 2.24) is 4.90 Å². The number of aliphatic hydroxyl groups is 1. The molecule has 0 aromatic carbocycles. The molecule has 2 amide bonds. The highest BCUT2D eigenvalue weighted by molar-refractivity contribution is 5.89. The molecule has 1 fully saturated rings. The minimum Gasteiger partial charge on any atom is -0.383 e. The van der Waals surface area contributed by atoms with Crippen LogP contribution in [0.2, 0.25) is 0 Å². The second kappa shape index (κ2) is 3.96. The van der Waals surface area contributed by atoms with Crippen LogP contribution in [0.4, 0.5) is 0 Å². The molecule has 80 valence electrons. The third-order valence-corrected chi connectivity index (χ3v) is 2.47. The first kappa shape index (κ1) is 11.0. The molecule has 5 heteroatoms. The summed E-state index contributed by atoms with van der Waals surface area (Å²) in [6.07, 6.45) is -0.578. The maximum absolute atomic E-state index is 11.4. The third-order valence-electron chi connectivity index (χ3n) is 2.47. The highest BCUT2D eigenvalue weighted by Crippen LogP contribution is 2.19. The zero-order valence-corrected chi connectivity index (χ0v) is 8.43. The number of amides is 2. The first-order chi connectivity index (χ1) is 6.45. The maximum atomic E-state index is 11.4. The second-order valence-corrected chi connectivity index (χ2v) is 3.93. The average molecular weight is 200 g/mol. The van der Waals surface area contributed by atoms with Crippen LogP contribution in [0.5, 0.6) is 0 Å². The van der Waals surface area contributed by atoms with Gasteiger partial charge in [0.15, 0.2) is 0 Å². The van der Waals surface area contributed by atoms with Crippen LogP contribution in [-0.4, -0.2) is 40.5 Å². The smallest absolute Gasteiger partial charge is 0.252 e. The molecule has 0 radical (unpaired) electrons. The Balaban J connectivity index is 2.80. The van der Waals surface area contributed by atoms with E-state index in [4.69, 9.17) is 5.73 Å². The van der Waals surface area contributed by atoms with Gasteiger partial charge in [-0.15, -0.1) is 0 Å². The molecule has 3 N–H and O–H groups in total. The van der Waals surface area contributed by atoms with E-state index >= 15 is 0 Å². The molecule has 5 nitrogen and oxygen atoms in total. The minimum absolute atomic E-state index is 0.0262. The molecule has 0 saturated carbocycles. The molecule has 1 heterocycles. The van der Waals surface area contributed by atoms with Crippen molar-refractivity contribution in [2.45, 2.75) is 32.4 Å². The second-order valence-electron chi connectivity index (χ2n) is 3.93. The molecule has 0 aliphatic carbocycles. The lowest BCUT2D eigenvalue weighted by atomic mass is 10.0. The SMILES string of the molecule is CC(C)C(C(N)=O)N1CCC(O)C1=O. The van der Waals surface area contributed by atoms with Gasteiger partial charge < -0.3 is 15.7 Å². The van der Waals surface area contributed by atoms with Crippen LogP contribution in [-0.2, 0) is 9.59 Å². The fourth-order valence-electron chi connectivity index (χ4n) is 1.80. The third kappa shape index (κ3) is 1.87.